The van der Waals surface area contributed by atoms with E-state index in [0.717, 1.165) is 25.7 Å². The number of nitrogens with one attached hydrogen (secondary N) is 1. The van der Waals surface area contributed by atoms with Crippen molar-refractivity contribution >= 4 is 5.69 Å². The van der Waals surface area contributed by atoms with E-state index in [2.05, 4.69) is 63.9 Å². The maximum absolute atomic E-state index is 4.35. The van der Waals surface area contributed by atoms with Crippen LogP contribution in [0, 0.1) is 5.92 Å². The highest BCUT2D eigenvalue weighted by atomic mass is 14.8. The lowest BCUT2D eigenvalue weighted by Gasteiger charge is -2.17. The van der Waals surface area contributed by atoms with Gasteiger partial charge in [-0.05, 0) is 62.1 Å². The van der Waals surface area contributed by atoms with Crippen molar-refractivity contribution in [2.75, 3.05) is 12.4 Å². The molecule has 1 rings (SSSR count). The second-order valence-corrected chi connectivity index (χ2v) is 6.92. The molecule has 134 valence electrons. The molecule has 0 amide bonds. The normalized spacial score (nSPS) is 13.0. The molecule has 1 unspecified atom stereocenters. The molecule has 1 heteroatoms. The highest BCUT2D eigenvalue weighted by Crippen LogP contribution is 2.25. The summed E-state index contributed by atoms with van der Waals surface area (Å²) in [6.07, 6.45) is 10.5. The van der Waals surface area contributed by atoms with Crippen LogP contribution in [0.15, 0.2) is 42.0 Å². The van der Waals surface area contributed by atoms with E-state index in [1.165, 1.54) is 47.2 Å². The maximum atomic E-state index is 4.35. The van der Waals surface area contributed by atoms with Crippen molar-refractivity contribution in [2.24, 2.45) is 5.92 Å². The summed E-state index contributed by atoms with van der Waals surface area (Å²) in [4.78, 5) is 0. The molecule has 0 aromatic heterocycles. The molecular formula is C23H37N. The molecule has 0 aliphatic heterocycles. The third-order valence-corrected chi connectivity index (χ3v) is 5.11. The van der Waals surface area contributed by atoms with E-state index >= 15 is 0 Å². The summed E-state index contributed by atoms with van der Waals surface area (Å²) >= 11 is 0. The molecule has 0 spiro atoms. The zero-order valence-corrected chi connectivity index (χ0v) is 16.5. The van der Waals surface area contributed by atoms with Crippen molar-refractivity contribution in [3.63, 3.8) is 0 Å². The molecule has 0 saturated heterocycles. The number of hydrogen-bond donors (Lipinski definition) is 1. The fraction of sp³-hybridized carbons (Fsp3) is 0.565. The molecule has 1 nitrogen and oxygen atoms in total. The number of aryl methyl sites for hydroxylation is 2. The Morgan fingerprint density at radius 1 is 1.29 bits per heavy atom. The number of anilines is 1. The van der Waals surface area contributed by atoms with Crippen LogP contribution in [0.2, 0.25) is 0 Å². The Labute approximate surface area is 150 Å². The van der Waals surface area contributed by atoms with E-state index in [-0.39, 0.29) is 0 Å². The van der Waals surface area contributed by atoms with Crippen molar-refractivity contribution < 1.29 is 0 Å². The van der Waals surface area contributed by atoms with Crippen molar-refractivity contribution in [2.45, 2.75) is 72.6 Å². The third kappa shape index (κ3) is 6.55. The van der Waals surface area contributed by atoms with Crippen LogP contribution in [-0.2, 0) is 12.8 Å². The first kappa shape index (κ1) is 20.5. The van der Waals surface area contributed by atoms with Gasteiger partial charge in [0, 0.05) is 12.7 Å². The fourth-order valence-electron chi connectivity index (χ4n) is 3.14. The van der Waals surface area contributed by atoms with Crippen LogP contribution >= 0.6 is 0 Å². The zero-order valence-electron chi connectivity index (χ0n) is 16.5. The van der Waals surface area contributed by atoms with Crippen LogP contribution in [0.25, 0.3) is 0 Å². The first-order chi connectivity index (χ1) is 11.5. The van der Waals surface area contributed by atoms with E-state index in [0.29, 0.717) is 5.92 Å². The minimum atomic E-state index is 0.639. The van der Waals surface area contributed by atoms with Gasteiger partial charge in [0.05, 0.1) is 0 Å². The molecule has 0 fully saturated rings. The number of hydrogen-bond acceptors (Lipinski definition) is 1. The average molecular weight is 328 g/mol. The van der Waals surface area contributed by atoms with Crippen molar-refractivity contribution in [1.82, 2.24) is 0 Å². The van der Waals surface area contributed by atoms with Gasteiger partial charge in [0.2, 0.25) is 0 Å². The van der Waals surface area contributed by atoms with Gasteiger partial charge >= 0.3 is 0 Å². The van der Waals surface area contributed by atoms with Crippen LogP contribution in [0.4, 0.5) is 5.69 Å². The number of unbranched alkanes of at least 4 members (excludes halogenated alkanes) is 1. The van der Waals surface area contributed by atoms with Gasteiger partial charge in [-0.2, -0.15) is 0 Å². The van der Waals surface area contributed by atoms with Crippen LogP contribution in [0.3, 0.4) is 0 Å². The average Bonchev–Trinajstić information content (AvgIpc) is 2.62. The molecule has 24 heavy (non-hydrogen) atoms. The Hall–Kier alpha value is -1.50. The Balaban J connectivity index is 2.59. The van der Waals surface area contributed by atoms with Gasteiger partial charge in [-0.3, -0.25) is 0 Å². The molecule has 0 aliphatic rings. The second kappa shape index (κ2) is 11.1. The first-order valence-electron chi connectivity index (χ1n) is 9.66. The highest BCUT2D eigenvalue weighted by molar-refractivity contribution is 5.53. The van der Waals surface area contributed by atoms with Crippen molar-refractivity contribution in [3.05, 3.63) is 53.1 Å². The summed E-state index contributed by atoms with van der Waals surface area (Å²) in [5.74, 6) is 0.639. The van der Waals surface area contributed by atoms with Crippen molar-refractivity contribution in [3.8, 4) is 0 Å². The quantitative estimate of drug-likeness (QED) is 0.434. The summed E-state index contributed by atoms with van der Waals surface area (Å²) in [6.45, 7) is 13.3. The molecule has 0 aliphatic carbocycles. The topological polar surface area (TPSA) is 12.0 Å². The van der Waals surface area contributed by atoms with Gasteiger partial charge < -0.3 is 5.32 Å². The predicted molar refractivity (Wildman–Crippen MR) is 110 cm³/mol. The SMILES string of the molecule is C=C(C/C(=C\C)CCc1ccc(CC)c(NC)c1)C(C)CCCC. The smallest absolute Gasteiger partial charge is 0.0372 e. The van der Waals surface area contributed by atoms with Gasteiger partial charge in [-0.25, -0.2) is 0 Å². The third-order valence-electron chi connectivity index (χ3n) is 5.11. The second-order valence-electron chi connectivity index (χ2n) is 6.92. The molecule has 0 radical (unpaired) electrons. The molecule has 1 aromatic rings. The summed E-state index contributed by atoms with van der Waals surface area (Å²) in [5, 5.41) is 3.33. The molecule has 0 bridgehead atoms. The first-order valence-corrected chi connectivity index (χ1v) is 9.66. The zero-order chi connectivity index (χ0) is 17.9. The lowest BCUT2D eigenvalue weighted by Crippen LogP contribution is -2.01. The van der Waals surface area contributed by atoms with Gasteiger partial charge in [-0.1, -0.05) is 69.5 Å². The maximum Gasteiger partial charge on any atom is 0.0372 e. The van der Waals surface area contributed by atoms with Gasteiger partial charge in [0.1, 0.15) is 0 Å². The van der Waals surface area contributed by atoms with Crippen LogP contribution in [0.5, 0.6) is 0 Å². The summed E-state index contributed by atoms with van der Waals surface area (Å²) in [6, 6.07) is 6.86. The number of allylic oxidation sites excluding steroid dienone is 3. The highest BCUT2D eigenvalue weighted by Gasteiger charge is 2.09. The van der Waals surface area contributed by atoms with Crippen LogP contribution in [-0.4, -0.2) is 7.05 Å². The van der Waals surface area contributed by atoms with E-state index in [1.54, 1.807) is 0 Å². The largest absolute Gasteiger partial charge is 0.388 e. The lowest BCUT2D eigenvalue weighted by molar-refractivity contribution is 0.561. The summed E-state index contributed by atoms with van der Waals surface area (Å²) < 4.78 is 0. The van der Waals surface area contributed by atoms with Crippen molar-refractivity contribution in [1.29, 1.82) is 0 Å². The van der Waals surface area contributed by atoms with Gasteiger partial charge in [-0.15, -0.1) is 0 Å². The number of rotatable bonds is 11. The van der Waals surface area contributed by atoms with E-state index in [4.69, 9.17) is 0 Å². The molecule has 0 heterocycles. The summed E-state index contributed by atoms with van der Waals surface area (Å²) in [5.41, 5.74) is 7.00. The lowest BCUT2D eigenvalue weighted by atomic mass is 9.89. The van der Waals surface area contributed by atoms with Crippen LogP contribution in [0.1, 0.15) is 70.9 Å². The molecule has 1 N–H and O–H groups in total. The van der Waals surface area contributed by atoms with Gasteiger partial charge in [0.15, 0.2) is 0 Å². The predicted octanol–water partition coefficient (Wildman–Crippen LogP) is 6.94. The molecule has 0 saturated carbocycles. The number of benzene rings is 1. The molecular weight excluding hydrogens is 290 g/mol. The Morgan fingerprint density at radius 2 is 2.04 bits per heavy atom. The van der Waals surface area contributed by atoms with E-state index in [9.17, 15) is 0 Å². The standard InChI is InChI=1S/C23H37N/c1-7-10-11-18(4)19(5)16-20(8-2)12-13-21-14-15-22(9-3)23(17-21)24-6/h8,14-15,17-18,24H,5,7,9-13,16H2,1-4,6H3/b20-8-. The minimum Gasteiger partial charge on any atom is -0.388 e. The summed E-state index contributed by atoms with van der Waals surface area (Å²) in [7, 11) is 2.01. The van der Waals surface area contributed by atoms with Gasteiger partial charge in [0.25, 0.3) is 0 Å². The van der Waals surface area contributed by atoms with Crippen LogP contribution < -0.4 is 5.32 Å². The Bertz CT molecular complexity index is 539. The monoisotopic (exact) mass is 327 g/mol. The minimum absolute atomic E-state index is 0.639. The molecule has 1 atom stereocenters. The molecule has 1 aromatic carbocycles. The van der Waals surface area contributed by atoms with E-state index < -0.39 is 0 Å². The Kier molecular flexibility index (Phi) is 9.52. The Morgan fingerprint density at radius 3 is 2.62 bits per heavy atom. The van der Waals surface area contributed by atoms with E-state index in [1.807, 2.05) is 7.05 Å². The fourth-order valence-corrected chi connectivity index (χ4v) is 3.14.